The van der Waals surface area contributed by atoms with Gasteiger partial charge in [0, 0.05) is 23.9 Å². The molecule has 1 aliphatic rings. The van der Waals surface area contributed by atoms with Crippen molar-refractivity contribution in [3.8, 4) is 5.75 Å². The van der Waals surface area contributed by atoms with Crippen LogP contribution in [0.25, 0.3) is 0 Å². The Morgan fingerprint density at radius 3 is 2.77 bits per heavy atom. The molecule has 2 aromatic carbocycles. The van der Waals surface area contributed by atoms with Crippen LogP contribution in [-0.4, -0.2) is 19.3 Å². The lowest BCUT2D eigenvalue weighted by atomic mass is 10.2. The molecule has 1 N–H and O–H groups in total. The summed E-state index contributed by atoms with van der Waals surface area (Å²) in [4.78, 5) is 0. The first kappa shape index (κ1) is 15.2. The molecule has 0 aromatic heterocycles. The van der Waals surface area contributed by atoms with Gasteiger partial charge in [-0.15, -0.1) is 0 Å². The number of anilines is 1. The van der Waals surface area contributed by atoms with E-state index in [2.05, 4.69) is 11.4 Å². The normalized spacial score (nSPS) is 17.4. The lowest BCUT2D eigenvalue weighted by molar-refractivity contribution is 0.0679. The number of nitrogens with one attached hydrogen (secondary N) is 1. The lowest BCUT2D eigenvalue weighted by Crippen LogP contribution is -2.16. The van der Waals surface area contributed by atoms with Gasteiger partial charge in [-0.3, -0.25) is 0 Å². The van der Waals surface area contributed by atoms with Gasteiger partial charge >= 0.3 is 0 Å². The summed E-state index contributed by atoms with van der Waals surface area (Å²) < 4.78 is 11.3. The predicted octanol–water partition coefficient (Wildman–Crippen LogP) is 4.51. The molecular formula is C18H20ClNO2. The van der Waals surface area contributed by atoms with Crippen LogP contribution >= 0.6 is 11.6 Å². The SMILES string of the molecule is Clc1cccc(CNc2ccc(OCC3CCCO3)cc2)c1. The van der Waals surface area contributed by atoms with Gasteiger partial charge in [-0.1, -0.05) is 23.7 Å². The molecule has 4 heteroatoms. The van der Waals surface area contributed by atoms with Crippen molar-refractivity contribution in [2.24, 2.45) is 0 Å². The van der Waals surface area contributed by atoms with Gasteiger partial charge in [0.25, 0.3) is 0 Å². The van der Waals surface area contributed by atoms with Crippen LogP contribution in [0.3, 0.4) is 0 Å². The van der Waals surface area contributed by atoms with E-state index < -0.39 is 0 Å². The molecule has 1 atom stereocenters. The van der Waals surface area contributed by atoms with E-state index in [1.54, 1.807) is 0 Å². The molecule has 1 fully saturated rings. The molecule has 0 aliphatic carbocycles. The van der Waals surface area contributed by atoms with Crippen molar-refractivity contribution in [3.63, 3.8) is 0 Å². The third-order valence-electron chi connectivity index (χ3n) is 3.70. The van der Waals surface area contributed by atoms with Gasteiger partial charge in [0.1, 0.15) is 12.4 Å². The smallest absolute Gasteiger partial charge is 0.119 e. The molecule has 1 aliphatic heterocycles. The van der Waals surface area contributed by atoms with E-state index in [1.807, 2.05) is 42.5 Å². The Bertz CT molecular complexity index is 594. The van der Waals surface area contributed by atoms with E-state index in [1.165, 1.54) is 0 Å². The molecule has 116 valence electrons. The zero-order valence-electron chi connectivity index (χ0n) is 12.4. The Morgan fingerprint density at radius 1 is 1.18 bits per heavy atom. The summed E-state index contributed by atoms with van der Waals surface area (Å²) >= 11 is 5.98. The molecule has 2 aromatic rings. The number of halogens is 1. The predicted molar refractivity (Wildman–Crippen MR) is 89.7 cm³/mol. The largest absolute Gasteiger partial charge is 0.491 e. The molecule has 0 saturated carbocycles. The van der Waals surface area contributed by atoms with Gasteiger partial charge in [0.2, 0.25) is 0 Å². The minimum Gasteiger partial charge on any atom is -0.491 e. The molecule has 0 bridgehead atoms. The Labute approximate surface area is 136 Å². The van der Waals surface area contributed by atoms with Crippen LogP contribution < -0.4 is 10.1 Å². The number of hydrogen-bond acceptors (Lipinski definition) is 3. The highest BCUT2D eigenvalue weighted by Crippen LogP contribution is 2.19. The van der Waals surface area contributed by atoms with Crippen molar-refractivity contribution in [1.82, 2.24) is 0 Å². The molecule has 3 nitrogen and oxygen atoms in total. The van der Waals surface area contributed by atoms with Crippen molar-refractivity contribution in [2.75, 3.05) is 18.5 Å². The van der Waals surface area contributed by atoms with Crippen LogP contribution in [0, 0.1) is 0 Å². The van der Waals surface area contributed by atoms with Crippen LogP contribution in [-0.2, 0) is 11.3 Å². The van der Waals surface area contributed by atoms with E-state index in [0.717, 1.165) is 48.0 Å². The van der Waals surface area contributed by atoms with Crippen molar-refractivity contribution < 1.29 is 9.47 Å². The van der Waals surface area contributed by atoms with Crippen LogP contribution in [0.2, 0.25) is 5.02 Å². The second-order valence-electron chi connectivity index (χ2n) is 5.45. The maximum absolute atomic E-state index is 5.98. The van der Waals surface area contributed by atoms with E-state index in [9.17, 15) is 0 Å². The fourth-order valence-corrected chi connectivity index (χ4v) is 2.70. The molecule has 0 spiro atoms. The maximum atomic E-state index is 5.98. The van der Waals surface area contributed by atoms with Crippen molar-refractivity contribution >= 4 is 17.3 Å². The summed E-state index contributed by atoms with van der Waals surface area (Å²) in [7, 11) is 0. The van der Waals surface area contributed by atoms with E-state index in [4.69, 9.17) is 21.1 Å². The van der Waals surface area contributed by atoms with Crippen LogP contribution in [0.5, 0.6) is 5.75 Å². The number of hydrogen-bond donors (Lipinski definition) is 1. The fourth-order valence-electron chi connectivity index (χ4n) is 2.49. The minimum absolute atomic E-state index is 0.251. The maximum Gasteiger partial charge on any atom is 0.119 e. The monoisotopic (exact) mass is 317 g/mol. The third-order valence-corrected chi connectivity index (χ3v) is 3.93. The summed E-state index contributed by atoms with van der Waals surface area (Å²) in [5.74, 6) is 0.879. The molecule has 1 unspecified atom stereocenters. The van der Waals surface area contributed by atoms with Crippen LogP contribution in [0.1, 0.15) is 18.4 Å². The molecule has 22 heavy (non-hydrogen) atoms. The van der Waals surface area contributed by atoms with Crippen molar-refractivity contribution in [1.29, 1.82) is 0 Å². The van der Waals surface area contributed by atoms with Gasteiger partial charge in [0.15, 0.2) is 0 Å². The second-order valence-corrected chi connectivity index (χ2v) is 5.89. The summed E-state index contributed by atoms with van der Waals surface area (Å²) in [5, 5.41) is 4.13. The topological polar surface area (TPSA) is 30.5 Å². The number of rotatable bonds is 6. The minimum atomic E-state index is 0.251. The quantitative estimate of drug-likeness (QED) is 0.850. The summed E-state index contributed by atoms with van der Waals surface area (Å²) in [6.07, 6.45) is 2.49. The Kier molecular flexibility index (Phi) is 5.20. The molecule has 0 radical (unpaired) electrons. The molecule has 1 saturated heterocycles. The van der Waals surface area contributed by atoms with Gasteiger partial charge < -0.3 is 14.8 Å². The zero-order valence-corrected chi connectivity index (χ0v) is 13.2. The highest BCUT2D eigenvalue weighted by Gasteiger charge is 2.15. The zero-order chi connectivity index (χ0) is 15.2. The van der Waals surface area contributed by atoms with Gasteiger partial charge in [-0.2, -0.15) is 0 Å². The van der Waals surface area contributed by atoms with Crippen LogP contribution in [0.15, 0.2) is 48.5 Å². The third kappa shape index (κ3) is 4.39. The molecule has 3 rings (SSSR count). The lowest BCUT2D eigenvalue weighted by Gasteiger charge is -2.12. The number of benzene rings is 2. The highest BCUT2D eigenvalue weighted by atomic mass is 35.5. The van der Waals surface area contributed by atoms with E-state index in [0.29, 0.717) is 6.61 Å². The molecule has 1 heterocycles. The Morgan fingerprint density at radius 2 is 2.05 bits per heavy atom. The highest BCUT2D eigenvalue weighted by molar-refractivity contribution is 6.30. The first-order valence-corrected chi connectivity index (χ1v) is 8.00. The average molecular weight is 318 g/mol. The first-order chi connectivity index (χ1) is 10.8. The van der Waals surface area contributed by atoms with Gasteiger partial charge in [-0.25, -0.2) is 0 Å². The second kappa shape index (κ2) is 7.52. The Balaban J connectivity index is 1.48. The van der Waals surface area contributed by atoms with E-state index in [-0.39, 0.29) is 6.10 Å². The molecule has 0 amide bonds. The summed E-state index contributed by atoms with van der Waals surface area (Å²) in [6.45, 7) is 2.24. The average Bonchev–Trinajstić information content (AvgIpc) is 3.05. The van der Waals surface area contributed by atoms with E-state index >= 15 is 0 Å². The van der Waals surface area contributed by atoms with Crippen molar-refractivity contribution in [3.05, 3.63) is 59.1 Å². The number of ether oxygens (including phenoxy) is 2. The van der Waals surface area contributed by atoms with Gasteiger partial charge in [0.05, 0.1) is 6.10 Å². The van der Waals surface area contributed by atoms with Gasteiger partial charge in [-0.05, 0) is 54.8 Å². The van der Waals surface area contributed by atoms with Crippen molar-refractivity contribution in [2.45, 2.75) is 25.5 Å². The molecular weight excluding hydrogens is 298 g/mol. The van der Waals surface area contributed by atoms with Crippen LogP contribution in [0.4, 0.5) is 5.69 Å². The Hall–Kier alpha value is -1.71. The standard InChI is InChI=1S/C18H20ClNO2/c19-15-4-1-3-14(11-15)12-20-16-6-8-17(9-7-16)22-13-18-5-2-10-21-18/h1,3-4,6-9,11,18,20H,2,5,10,12-13H2. The summed E-state index contributed by atoms with van der Waals surface area (Å²) in [6, 6.07) is 15.9. The summed E-state index contributed by atoms with van der Waals surface area (Å²) in [5.41, 5.74) is 2.22. The first-order valence-electron chi connectivity index (χ1n) is 7.62. The fraction of sp³-hybridized carbons (Fsp3) is 0.333.